The van der Waals surface area contributed by atoms with Gasteiger partial charge >= 0.3 is 6.16 Å². The van der Waals surface area contributed by atoms with E-state index in [2.05, 4.69) is 5.10 Å². The van der Waals surface area contributed by atoms with Crippen molar-refractivity contribution in [3.05, 3.63) is 82.5 Å². The van der Waals surface area contributed by atoms with E-state index in [1.54, 1.807) is 25.7 Å². The van der Waals surface area contributed by atoms with E-state index in [9.17, 15) is 23.5 Å². The molecule has 5 rings (SSSR count). The fourth-order valence-corrected chi connectivity index (χ4v) is 5.57. The number of nitrogens with zero attached hydrogens (tertiary/aromatic N) is 3. The van der Waals surface area contributed by atoms with Crippen LogP contribution in [0.15, 0.2) is 59.0 Å². The van der Waals surface area contributed by atoms with Crippen LogP contribution in [-0.2, 0) is 19.0 Å². The van der Waals surface area contributed by atoms with E-state index in [0.29, 0.717) is 24.9 Å². The van der Waals surface area contributed by atoms with Crippen molar-refractivity contribution in [2.45, 2.75) is 63.3 Å². The first-order valence-corrected chi connectivity index (χ1v) is 13.2. The standard InChI is InChI=1S/C29H30F3N3O6/c1-29(2,3)41-28(38)40-15-39-26-21(36)14-33-35-24(20-8-5-13-34(20)27(37)25(26)35)22(16-9-11-17(30)12-10-16)18-6-4-7-19(31)23(18)32/h4,6-7,9-12,14,20-22,24,36H,5,8,13,15H2,1-3H3/t20-,21?,22-,24-/m1/s1. The molecule has 218 valence electrons. The fraction of sp³-hybridized carbons (Fsp3) is 0.414. The Bertz CT molecular complexity index is 1390. The maximum absolute atomic E-state index is 15.4. The molecule has 2 fully saturated rings. The van der Waals surface area contributed by atoms with Crippen molar-refractivity contribution in [1.82, 2.24) is 9.91 Å². The summed E-state index contributed by atoms with van der Waals surface area (Å²) < 4.78 is 59.5. The zero-order chi connectivity index (χ0) is 29.5. The molecule has 4 atom stereocenters. The maximum Gasteiger partial charge on any atom is 0.511 e. The van der Waals surface area contributed by atoms with Gasteiger partial charge in [0.05, 0.1) is 18.3 Å². The average molecular weight is 574 g/mol. The lowest BCUT2D eigenvalue weighted by Gasteiger charge is -2.48. The molecule has 0 bridgehead atoms. The Labute approximate surface area is 234 Å². The van der Waals surface area contributed by atoms with Crippen LogP contribution in [0.25, 0.3) is 0 Å². The van der Waals surface area contributed by atoms with Crippen LogP contribution in [0.2, 0.25) is 0 Å². The molecule has 1 amide bonds. The molecule has 41 heavy (non-hydrogen) atoms. The van der Waals surface area contributed by atoms with Crippen molar-refractivity contribution in [2.24, 2.45) is 5.10 Å². The number of piperazine rings is 1. The van der Waals surface area contributed by atoms with Gasteiger partial charge in [0.1, 0.15) is 11.4 Å². The lowest BCUT2D eigenvalue weighted by molar-refractivity contribution is -0.137. The van der Waals surface area contributed by atoms with Gasteiger partial charge in [-0.15, -0.1) is 0 Å². The molecular formula is C29H30F3N3O6. The van der Waals surface area contributed by atoms with Gasteiger partial charge in [-0.2, -0.15) is 5.10 Å². The Morgan fingerprint density at radius 3 is 2.59 bits per heavy atom. The molecule has 1 unspecified atom stereocenters. The predicted molar refractivity (Wildman–Crippen MR) is 140 cm³/mol. The first-order valence-electron chi connectivity index (χ1n) is 13.2. The van der Waals surface area contributed by atoms with E-state index in [0.717, 1.165) is 12.3 Å². The minimum absolute atomic E-state index is 0.000735. The van der Waals surface area contributed by atoms with Crippen molar-refractivity contribution >= 4 is 18.3 Å². The summed E-state index contributed by atoms with van der Waals surface area (Å²) in [6, 6.07) is 7.98. The van der Waals surface area contributed by atoms with Gasteiger partial charge in [-0.05, 0) is 57.4 Å². The molecule has 1 N–H and O–H groups in total. The topological polar surface area (TPSA) is 101 Å². The van der Waals surface area contributed by atoms with Crippen molar-refractivity contribution in [3.8, 4) is 0 Å². The smallest absolute Gasteiger partial charge is 0.456 e. The monoisotopic (exact) mass is 573 g/mol. The van der Waals surface area contributed by atoms with E-state index in [1.165, 1.54) is 41.4 Å². The highest BCUT2D eigenvalue weighted by molar-refractivity contribution is 5.96. The van der Waals surface area contributed by atoms with Gasteiger partial charge in [-0.3, -0.25) is 9.80 Å². The van der Waals surface area contributed by atoms with E-state index >= 15 is 4.39 Å². The second kappa shape index (κ2) is 11.1. The van der Waals surface area contributed by atoms with E-state index in [1.807, 2.05) is 0 Å². The van der Waals surface area contributed by atoms with Crippen molar-refractivity contribution in [1.29, 1.82) is 0 Å². The van der Waals surface area contributed by atoms with Gasteiger partial charge in [-0.25, -0.2) is 18.0 Å². The number of carbonyl (C=O) groups excluding carboxylic acids is 2. The highest BCUT2D eigenvalue weighted by Gasteiger charge is 2.53. The third-order valence-electron chi connectivity index (χ3n) is 7.17. The summed E-state index contributed by atoms with van der Waals surface area (Å²) in [5, 5.41) is 16.4. The molecular weight excluding hydrogens is 543 g/mol. The zero-order valence-corrected chi connectivity index (χ0v) is 22.7. The highest BCUT2D eigenvalue weighted by atomic mass is 19.2. The first-order chi connectivity index (χ1) is 19.5. The quantitative estimate of drug-likeness (QED) is 0.404. The normalized spacial score (nSPS) is 22.8. The van der Waals surface area contributed by atoms with Crippen LogP contribution in [0.5, 0.6) is 0 Å². The number of fused-ring (bicyclic) bond motifs is 2. The summed E-state index contributed by atoms with van der Waals surface area (Å²) in [5.41, 5.74) is -0.469. The van der Waals surface area contributed by atoms with Crippen LogP contribution < -0.4 is 0 Å². The van der Waals surface area contributed by atoms with Gasteiger partial charge in [-0.1, -0.05) is 24.3 Å². The minimum Gasteiger partial charge on any atom is -0.456 e. The molecule has 0 aromatic heterocycles. The Hall–Kier alpha value is -4.06. The summed E-state index contributed by atoms with van der Waals surface area (Å²) in [4.78, 5) is 27.3. The summed E-state index contributed by atoms with van der Waals surface area (Å²) in [6.07, 6.45) is -0.141. The number of hydrogen-bond donors (Lipinski definition) is 1. The van der Waals surface area contributed by atoms with Crippen molar-refractivity contribution < 1.29 is 42.1 Å². The Kier molecular flexibility index (Phi) is 7.69. The van der Waals surface area contributed by atoms with Gasteiger partial charge in [0.25, 0.3) is 5.91 Å². The van der Waals surface area contributed by atoms with E-state index in [-0.39, 0.29) is 17.0 Å². The largest absolute Gasteiger partial charge is 0.511 e. The van der Waals surface area contributed by atoms with Crippen LogP contribution in [-0.4, -0.2) is 70.4 Å². The number of carbonyl (C=O) groups is 2. The molecule has 0 radical (unpaired) electrons. The maximum atomic E-state index is 15.4. The molecule has 0 saturated carbocycles. The second-order valence-corrected chi connectivity index (χ2v) is 11.0. The molecule has 3 heterocycles. The molecule has 3 aliphatic rings. The van der Waals surface area contributed by atoms with Crippen molar-refractivity contribution in [2.75, 3.05) is 13.3 Å². The molecule has 9 nitrogen and oxygen atoms in total. The average Bonchev–Trinajstić information content (AvgIpc) is 3.39. The summed E-state index contributed by atoms with van der Waals surface area (Å²) >= 11 is 0. The van der Waals surface area contributed by atoms with Gasteiger partial charge < -0.3 is 24.2 Å². The fourth-order valence-electron chi connectivity index (χ4n) is 5.57. The summed E-state index contributed by atoms with van der Waals surface area (Å²) in [6.45, 7) is 4.68. The Morgan fingerprint density at radius 1 is 1.15 bits per heavy atom. The molecule has 2 aromatic rings. The number of hydrazone groups is 1. The Morgan fingerprint density at radius 2 is 1.88 bits per heavy atom. The predicted octanol–water partition coefficient (Wildman–Crippen LogP) is 4.41. The van der Waals surface area contributed by atoms with Gasteiger partial charge in [0, 0.05) is 18.0 Å². The lowest BCUT2D eigenvalue weighted by atomic mass is 9.79. The first kappa shape index (κ1) is 28.5. The summed E-state index contributed by atoms with van der Waals surface area (Å²) in [5.74, 6) is -4.25. The van der Waals surface area contributed by atoms with Crippen LogP contribution in [0.1, 0.15) is 50.7 Å². The molecule has 2 aromatic carbocycles. The molecule has 12 heteroatoms. The third kappa shape index (κ3) is 5.61. The lowest BCUT2D eigenvalue weighted by Crippen LogP contribution is -2.60. The van der Waals surface area contributed by atoms with Crippen LogP contribution in [0.4, 0.5) is 18.0 Å². The number of aliphatic hydroxyl groups is 1. The minimum atomic E-state index is -1.46. The van der Waals surface area contributed by atoms with Crippen molar-refractivity contribution in [3.63, 3.8) is 0 Å². The number of amides is 1. The van der Waals surface area contributed by atoms with E-state index in [4.69, 9.17) is 14.2 Å². The number of halogens is 3. The number of benzene rings is 2. The number of aliphatic hydroxyl groups excluding tert-OH is 1. The highest BCUT2D eigenvalue weighted by Crippen LogP contribution is 2.45. The molecule has 0 spiro atoms. The van der Waals surface area contributed by atoms with E-state index < -0.39 is 66.0 Å². The van der Waals surface area contributed by atoms with Gasteiger partial charge in [0.15, 0.2) is 29.2 Å². The Balaban J connectivity index is 1.58. The number of rotatable bonds is 6. The molecule has 2 saturated heterocycles. The zero-order valence-electron chi connectivity index (χ0n) is 22.7. The van der Waals surface area contributed by atoms with Crippen LogP contribution >= 0.6 is 0 Å². The second-order valence-electron chi connectivity index (χ2n) is 11.0. The summed E-state index contributed by atoms with van der Waals surface area (Å²) in [7, 11) is 0. The van der Waals surface area contributed by atoms with Crippen LogP contribution in [0, 0.1) is 17.5 Å². The molecule has 3 aliphatic heterocycles. The third-order valence-corrected chi connectivity index (χ3v) is 7.17. The number of hydrogen-bond acceptors (Lipinski definition) is 8. The van der Waals surface area contributed by atoms with Crippen LogP contribution in [0.3, 0.4) is 0 Å². The molecule has 0 aliphatic carbocycles. The number of ether oxygens (including phenoxy) is 3. The SMILES string of the molecule is CC(C)(C)OC(=O)OCOC1=C2C(=O)N3CCC[C@@H]3[C@H]([C@H](c3ccc(F)cc3)c3cccc(F)c3F)N2N=CC1O. The van der Waals surface area contributed by atoms with Gasteiger partial charge in [0.2, 0.25) is 6.79 Å².